The van der Waals surface area contributed by atoms with Crippen LogP contribution >= 0.6 is 0 Å². The minimum Gasteiger partial charge on any atom is -0.400 e. The Morgan fingerprint density at radius 3 is 0.667 bits per heavy atom. The van der Waals surface area contributed by atoms with Gasteiger partial charge in [0.05, 0.1) is 0 Å². The Morgan fingerprint density at radius 1 is 0.667 bits per heavy atom. The molecule has 0 saturated carbocycles. The van der Waals surface area contributed by atoms with Crippen LogP contribution in [-0.4, -0.2) is 47.9 Å². The fourth-order valence-corrected chi connectivity index (χ4v) is 0. The zero-order valence-corrected chi connectivity index (χ0v) is 13.1. The van der Waals surface area contributed by atoms with Crippen LogP contribution in [0, 0.1) is 0 Å². The van der Waals surface area contributed by atoms with Crippen LogP contribution in [0.2, 0.25) is 0 Å². The van der Waals surface area contributed by atoms with Gasteiger partial charge in [-0.3, -0.25) is 0 Å². The Bertz CT molecular complexity index is 19.5. The fourth-order valence-electron chi connectivity index (χ4n) is 0. The van der Waals surface area contributed by atoms with Crippen molar-refractivity contribution in [2.24, 2.45) is 0 Å². The second-order valence-electron chi connectivity index (χ2n) is 0.632. The molecule has 0 bridgehead atoms. The van der Waals surface area contributed by atoms with Gasteiger partial charge in [0, 0.05) is 79.8 Å². The fraction of sp³-hybridized carbons (Fsp3) is 1.00. The van der Waals surface area contributed by atoms with Gasteiger partial charge in [0.25, 0.3) is 0 Å². The predicted molar refractivity (Wildman–Crippen MR) is 41.8 cm³/mol. The maximum Gasteiger partial charge on any atom is 0.0402 e. The smallest absolute Gasteiger partial charge is 0.0402 e. The van der Waals surface area contributed by atoms with E-state index in [1.807, 2.05) is 0 Å². The predicted octanol–water partition coefficient (Wildman–Crippen LogP) is -0.791. The molecule has 12 heavy (non-hydrogen) atoms. The summed E-state index contributed by atoms with van der Waals surface area (Å²) in [6.45, 7) is 3.86. The summed E-state index contributed by atoms with van der Waals surface area (Å²) in [7, 11) is 2.00. The summed E-state index contributed by atoms with van der Waals surface area (Å²) in [5, 5.41) is 29.1. The van der Waals surface area contributed by atoms with Crippen LogP contribution < -0.4 is 0 Å². The quantitative estimate of drug-likeness (QED) is 0.467. The summed E-state index contributed by atoms with van der Waals surface area (Å²) in [5.41, 5.74) is 0. The number of hydrogen-bond acceptors (Lipinski definition) is 4. The SMILES string of the molecule is CCO.CCO.CO.CO.[Zr].[Zr]. The minimum absolute atomic E-state index is 0. The molecule has 0 radical (unpaired) electrons. The molecule has 0 fully saturated rings. The van der Waals surface area contributed by atoms with Gasteiger partial charge in [0.1, 0.15) is 0 Å². The molecule has 0 aromatic heterocycles. The number of aliphatic hydroxyl groups excluding tert-OH is 4. The van der Waals surface area contributed by atoms with E-state index in [4.69, 9.17) is 20.4 Å². The van der Waals surface area contributed by atoms with Crippen molar-refractivity contribution >= 4 is 0 Å². The molecule has 4 N–H and O–H groups in total. The zero-order chi connectivity index (χ0) is 9.41. The Balaban J connectivity index is -0.00000000967. The van der Waals surface area contributed by atoms with Crippen LogP contribution in [0.3, 0.4) is 0 Å². The van der Waals surface area contributed by atoms with Crippen LogP contribution in [0.15, 0.2) is 0 Å². The van der Waals surface area contributed by atoms with E-state index in [0.717, 1.165) is 14.2 Å². The van der Waals surface area contributed by atoms with Crippen molar-refractivity contribution in [1.82, 2.24) is 0 Å². The van der Waals surface area contributed by atoms with E-state index < -0.39 is 0 Å². The van der Waals surface area contributed by atoms with Crippen molar-refractivity contribution in [2.75, 3.05) is 27.4 Å². The third-order valence-corrected chi connectivity index (χ3v) is 0. The van der Waals surface area contributed by atoms with Gasteiger partial charge in [-0.05, 0) is 13.8 Å². The summed E-state index contributed by atoms with van der Waals surface area (Å²) in [6.07, 6.45) is 0. The Labute approximate surface area is 113 Å². The van der Waals surface area contributed by atoms with Gasteiger partial charge in [0.2, 0.25) is 0 Å². The van der Waals surface area contributed by atoms with Crippen LogP contribution in [0.25, 0.3) is 0 Å². The minimum atomic E-state index is 0. The molecule has 0 saturated heterocycles. The van der Waals surface area contributed by atoms with Gasteiger partial charge < -0.3 is 20.4 Å². The van der Waals surface area contributed by atoms with Gasteiger partial charge in [-0.15, -0.1) is 0 Å². The van der Waals surface area contributed by atoms with E-state index in [1.54, 1.807) is 13.8 Å². The molecule has 6 heteroatoms. The summed E-state index contributed by atoms with van der Waals surface area (Å²) in [4.78, 5) is 0. The molecule has 0 aliphatic heterocycles. The van der Waals surface area contributed by atoms with Crippen molar-refractivity contribution in [3.63, 3.8) is 0 Å². The zero-order valence-electron chi connectivity index (χ0n) is 8.20. The number of rotatable bonds is 0. The molecule has 0 heterocycles. The third-order valence-electron chi connectivity index (χ3n) is 0. The molecule has 0 aliphatic carbocycles. The van der Waals surface area contributed by atoms with Gasteiger partial charge in [-0.25, -0.2) is 0 Å². The molecule has 0 unspecified atom stereocenters. The van der Waals surface area contributed by atoms with Crippen LogP contribution in [0.1, 0.15) is 13.8 Å². The molecule has 0 spiro atoms. The van der Waals surface area contributed by atoms with Crippen LogP contribution in [0.4, 0.5) is 0 Å². The number of aliphatic hydroxyl groups is 4. The van der Waals surface area contributed by atoms with E-state index >= 15 is 0 Å². The summed E-state index contributed by atoms with van der Waals surface area (Å²) < 4.78 is 0. The molecule has 0 amide bonds. The van der Waals surface area contributed by atoms with Crippen LogP contribution in [-0.2, 0) is 52.4 Å². The summed E-state index contributed by atoms with van der Waals surface area (Å²) in [5.74, 6) is 0. The van der Waals surface area contributed by atoms with Crippen molar-refractivity contribution in [2.45, 2.75) is 13.8 Å². The molecule has 0 rings (SSSR count). The Kier molecular flexibility index (Phi) is 407. The molecular weight excluding hydrogens is 319 g/mol. The first-order valence-corrected chi connectivity index (χ1v) is 2.94. The monoisotopic (exact) mass is 336 g/mol. The van der Waals surface area contributed by atoms with Crippen molar-refractivity contribution < 1.29 is 72.8 Å². The topological polar surface area (TPSA) is 80.9 Å². The molecule has 4 nitrogen and oxygen atoms in total. The van der Waals surface area contributed by atoms with Crippen molar-refractivity contribution in [3.8, 4) is 0 Å². The van der Waals surface area contributed by atoms with Crippen LogP contribution in [0.5, 0.6) is 0 Å². The summed E-state index contributed by atoms with van der Waals surface area (Å²) >= 11 is 0. The maximum absolute atomic E-state index is 7.57. The average Bonchev–Trinajstić information content (AvgIpc) is 1.99. The largest absolute Gasteiger partial charge is 0.400 e. The van der Waals surface area contributed by atoms with Crippen molar-refractivity contribution in [3.05, 3.63) is 0 Å². The molecular formula is C6H20O4Zr2. The van der Waals surface area contributed by atoms with E-state index in [1.165, 1.54) is 0 Å². The molecule has 76 valence electrons. The number of hydrogen-bond donors (Lipinski definition) is 4. The third kappa shape index (κ3) is 506. The van der Waals surface area contributed by atoms with Gasteiger partial charge in [-0.2, -0.15) is 0 Å². The molecule has 0 aliphatic rings. The van der Waals surface area contributed by atoms with Gasteiger partial charge in [0.15, 0.2) is 0 Å². The Hall–Kier alpha value is 1.61. The molecule has 0 aromatic rings. The first-order valence-electron chi connectivity index (χ1n) is 2.94. The van der Waals surface area contributed by atoms with E-state index in [0.29, 0.717) is 0 Å². The average molecular weight is 339 g/mol. The van der Waals surface area contributed by atoms with Crippen molar-refractivity contribution in [1.29, 1.82) is 0 Å². The first-order chi connectivity index (χ1) is 4.83. The van der Waals surface area contributed by atoms with E-state index in [-0.39, 0.29) is 65.6 Å². The second-order valence-corrected chi connectivity index (χ2v) is 0.632. The van der Waals surface area contributed by atoms with E-state index in [9.17, 15) is 0 Å². The molecule has 0 atom stereocenters. The molecule has 0 aromatic carbocycles. The normalized spacial score (nSPS) is 4.00. The second kappa shape index (κ2) is 131. The summed E-state index contributed by atoms with van der Waals surface area (Å²) in [6, 6.07) is 0. The maximum atomic E-state index is 7.57. The van der Waals surface area contributed by atoms with Gasteiger partial charge >= 0.3 is 0 Å². The van der Waals surface area contributed by atoms with Gasteiger partial charge in [-0.1, -0.05) is 0 Å². The standard InChI is InChI=1S/2C2H6O.2CH4O.2Zr/c2*1-2-3;2*1-2;;/h2*3H,2H2,1H3;2*2H,1H3;;. The first kappa shape index (κ1) is 37.4. The Morgan fingerprint density at radius 2 is 0.667 bits per heavy atom. The van der Waals surface area contributed by atoms with E-state index in [2.05, 4.69) is 0 Å².